The highest BCUT2D eigenvalue weighted by atomic mass is 35.5. The zero-order valence-electron chi connectivity index (χ0n) is 10.6. The molecule has 2 rings (SSSR count). The van der Waals surface area contributed by atoms with Gasteiger partial charge in [-0.2, -0.15) is 5.26 Å². The molecule has 0 aromatic heterocycles. The first kappa shape index (κ1) is 14.7. The number of nitriles is 1. The molecule has 0 unspecified atom stereocenters. The van der Waals surface area contributed by atoms with Gasteiger partial charge in [0.15, 0.2) is 0 Å². The predicted molar refractivity (Wildman–Crippen MR) is 79.8 cm³/mol. The maximum Gasteiger partial charge on any atom is 0.138 e. The van der Waals surface area contributed by atoms with E-state index in [4.69, 9.17) is 38.9 Å². The van der Waals surface area contributed by atoms with Crippen LogP contribution in [0.1, 0.15) is 16.7 Å². The minimum Gasteiger partial charge on any atom is -0.487 e. The monoisotopic (exact) mass is 306 g/mol. The maximum atomic E-state index is 8.78. The van der Waals surface area contributed by atoms with Gasteiger partial charge >= 0.3 is 0 Å². The first-order valence-electron chi connectivity index (χ1n) is 5.94. The highest BCUT2D eigenvalue weighted by Crippen LogP contribution is 2.27. The average molecular weight is 307 g/mol. The van der Waals surface area contributed by atoms with Crippen molar-refractivity contribution in [3.63, 3.8) is 0 Å². The van der Waals surface area contributed by atoms with Gasteiger partial charge < -0.3 is 10.5 Å². The number of hydrogen-bond acceptors (Lipinski definition) is 3. The lowest BCUT2D eigenvalue weighted by molar-refractivity contribution is 0.306. The van der Waals surface area contributed by atoms with Crippen molar-refractivity contribution >= 4 is 23.2 Å². The SMILES string of the molecule is N#Cc1ccc(COc2ccc(CN)cc2Cl)c(Cl)c1. The van der Waals surface area contributed by atoms with Gasteiger partial charge in [-0.05, 0) is 29.8 Å². The molecule has 2 N–H and O–H groups in total. The Morgan fingerprint density at radius 2 is 1.90 bits per heavy atom. The molecule has 0 radical (unpaired) electrons. The lowest BCUT2D eigenvalue weighted by Crippen LogP contribution is -1.99. The summed E-state index contributed by atoms with van der Waals surface area (Å²) in [5.41, 5.74) is 7.79. The third kappa shape index (κ3) is 3.43. The van der Waals surface area contributed by atoms with Gasteiger partial charge in [0.2, 0.25) is 0 Å². The van der Waals surface area contributed by atoms with E-state index in [1.54, 1.807) is 30.3 Å². The first-order chi connectivity index (χ1) is 9.63. The van der Waals surface area contributed by atoms with Gasteiger partial charge in [-0.15, -0.1) is 0 Å². The zero-order chi connectivity index (χ0) is 14.5. The molecule has 0 aliphatic rings. The molecule has 0 spiro atoms. The highest BCUT2D eigenvalue weighted by Gasteiger charge is 2.06. The summed E-state index contributed by atoms with van der Waals surface area (Å²) in [6.45, 7) is 0.716. The summed E-state index contributed by atoms with van der Waals surface area (Å²) in [5.74, 6) is 0.573. The van der Waals surface area contributed by atoms with Gasteiger partial charge in [0.25, 0.3) is 0 Å². The molecule has 0 fully saturated rings. The standard InChI is InChI=1S/C15H12Cl2N2O/c16-13-5-10(7-18)1-3-12(13)9-20-15-4-2-11(8-19)6-14(15)17/h1-6H,8-9,19H2. The average Bonchev–Trinajstić information content (AvgIpc) is 2.46. The largest absolute Gasteiger partial charge is 0.487 e. The van der Waals surface area contributed by atoms with E-state index in [0.29, 0.717) is 27.9 Å². The van der Waals surface area contributed by atoms with Crippen LogP contribution in [0.15, 0.2) is 36.4 Å². The quantitative estimate of drug-likeness (QED) is 0.932. The van der Waals surface area contributed by atoms with E-state index < -0.39 is 0 Å². The van der Waals surface area contributed by atoms with Crippen molar-refractivity contribution in [1.29, 1.82) is 5.26 Å². The molecule has 0 aliphatic heterocycles. The Bertz CT molecular complexity index is 665. The van der Waals surface area contributed by atoms with Crippen LogP contribution in [0.2, 0.25) is 10.0 Å². The molecule has 0 atom stereocenters. The van der Waals surface area contributed by atoms with E-state index in [-0.39, 0.29) is 6.61 Å². The van der Waals surface area contributed by atoms with Gasteiger partial charge in [-0.3, -0.25) is 0 Å². The Labute approximate surface area is 127 Å². The maximum absolute atomic E-state index is 8.78. The van der Waals surface area contributed by atoms with Crippen LogP contribution in [0, 0.1) is 11.3 Å². The summed E-state index contributed by atoms with van der Waals surface area (Å²) in [6.07, 6.45) is 0. The fourth-order valence-electron chi connectivity index (χ4n) is 1.68. The van der Waals surface area contributed by atoms with Crippen molar-refractivity contribution in [2.45, 2.75) is 13.2 Å². The molecule has 102 valence electrons. The molecule has 5 heteroatoms. The number of hydrogen-bond donors (Lipinski definition) is 1. The topological polar surface area (TPSA) is 59.0 Å². The molecule has 0 aliphatic carbocycles. The second-order valence-corrected chi connectivity index (χ2v) is 4.99. The van der Waals surface area contributed by atoms with Gasteiger partial charge in [0.1, 0.15) is 12.4 Å². The number of ether oxygens (including phenoxy) is 1. The van der Waals surface area contributed by atoms with Crippen LogP contribution in [0.25, 0.3) is 0 Å². The van der Waals surface area contributed by atoms with E-state index in [9.17, 15) is 0 Å². The Hall–Kier alpha value is -1.73. The van der Waals surface area contributed by atoms with Crippen LogP contribution in [0.4, 0.5) is 0 Å². The Balaban J connectivity index is 2.11. The van der Waals surface area contributed by atoms with Crippen molar-refractivity contribution in [3.8, 4) is 11.8 Å². The number of nitrogens with two attached hydrogens (primary N) is 1. The second-order valence-electron chi connectivity index (χ2n) is 4.18. The van der Waals surface area contributed by atoms with Crippen LogP contribution >= 0.6 is 23.2 Å². The second kappa shape index (κ2) is 6.62. The van der Waals surface area contributed by atoms with Gasteiger partial charge in [0.05, 0.1) is 16.7 Å². The van der Waals surface area contributed by atoms with Gasteiger partial charge in [0, 0.05) is 17.1 Å². The van der Waals surface area contributed by atoms with Crippen molar-refractivity contribution in [1.82, 2.24) is 0 Å². The van der Waals surface area contributed by atoms with Crippen LogP contribution in [-0.4, -0.2) is 0 Å². The Kier molecular flexibility index (Phi) is 4.86. The fourth-order valence-corrected chi connectivity index (χ4v) is 2.17. The molecule has 0 saturated carbocycles. The smallest absolute Gasteiger partial charge is 0.138 e. The van der Waals surface area contributed by atoms with Crippen LogP contribution in [0.5, 0.6) is 5.75 Å². The third-order valence-electron chi connectivity index (χ3n) is 2.80. The van der Waals surface area contributed by atoms with Crippen LogP contribution in [0.3, 0.4) is 0 Å². The van der Waals surface area contributed by atoms with Gasteiger partial charge in [-0.1, -0.05) is 35.3 Å². The normalized spacial score (nSPS) is 10.1. The summed E-state index contributed by atoms with van der Waals surface area (Å²) < 4.78 is 5.64. The molecule has 3 nitrogen and oxygen atoms in total. The predicted octanol–water partition coefficient (Wildman–Crippen LogP) is 3.90. The van der Waals surface area contributed by atoms with Crippen LogP contribution < -0.4 is 10.5 Å². The number of rotatable bonds is 4. The van der Waals surface area contributed by atoms with E-state index in [2.05, 4.69) is 0 Å². The number of nitrogens with zero attached hydrogens (tertiary/aromatic N) is 1. The van der Waals surface area contributed by atoms with Crippen molar-refractivity contribution in [3.05, 3.63) is 63.1 Å². The molecule has 0 heterocycles. The summed E-state index contributed by atoms with van der Waals surface area (Å²) in [5, 5.41) is 9.79. The molecule has 2 aromatic rings. The molecular formula is C15H12Cl2N2O. The summed E-state index contributed by atoms with van der Waals surface area (Å²) in [6, 6.07) is 12.5. The first-order valence-corrected chi connectivity index (χ1v) is 6.69. The molecular weight excluding hydrogens is 295 g/mol. The lowest BCUT2D eigenvalue weighted by atomic mass is 10.1. The van der Waals surface area contributed by atoms with E-state index in [1.165, 1.54) is 0 Å². The minimum atomic E-state index is 0.284. The zero-order valence-corrected chi connectivity index (χ0v) is 12.1. The molecule has 2 aromatic carbocycles. The minimum absolute atomic E-state index is 0.284. The highest BCUT2D eigenvalue weighted by molar-refractivity contribution is 6.32. The summed E-state index contributed by atoms with van der Waals surface area (Å²) in [4.78, 5) is 0. The van der Waals surface area contributed by atoms with Crippen molar-refractivity contribution in [2.75, 3.05) is 0 Å². The third-order valence-corrected chi connectivity index (χ3v) is 3.44. The summed E-state index contributed by atoms with van der Waals surface area (Å²) >= 11 is 12.2. The number of halogens is 2. The van der Waals surface area contributed by atoms with E-state index >= 15 is 0 Å². The number of benzene rings is 2. The van der Waals surface area contributed by atoms with E-state index in [1.807, 2.05) is 12.1 Å². The molecule has 0 amide bonds. The van der Waals surface area contributed by atoms with Gasteiger partial charge in [-0.25, -0.2) is 0 Å². The van der Waals surface area contributed by atoms with Crippen LogP contribution in [-0.2, 0) is 13.2 Å². The summed E-state index contributed by atoms with van der Waals surface area (Å²) in [7, 11) is 0. The van der Waals surface area contributed by atoms with Crippen molar-refractivity contribution < 1.29 is 4.74 Å². The Morgan fingerprint density at radius 3 is 2.50 bits per heavy atom. The fraction of sp³-hybridized carbons (Fsp3) is 0.133. The Morgan fingerprint density at radius 1 is 1.10 bits per heavy atom. The van der Waals surface area contributed by atoms with Crippen molar-refractivity contribution in [2.24, 2.45) is 5.73 Å². The lowest BCUT2D eigenvalue weighted by Gasteiger charge is -2.10. The molecule has 0 bridgehead atoms. The molecule has 0 saturated heterocycles. The molecule has 20 heavy (non-hydrogen) atoms. The van der Waals surface area contributed by atoms with E-state index in [0.717, 1.165) is 11.1 Å².